The summed E-state index contributed by atoms with van der Waals surface area (Å²) in [4.78, 5) is 11.9. The summed E-state index contributed by atoms with van der Waals surface area (Å²) in [5.41, 5.74) is 0.797. The van der Waals surface area contributed by atoms with Gasteiger partial charge in [-0.3, -0.25) is 9.52 Å². The van der Waals surface area contributed by atoms with E-state index in [1.807, 2.05) is 0 Å². The van der Waals surface area contributed by atoms with Crippen molar-refractivity contribution in [2.75, 3.05) is 16.3 Å². The monoisotopic (exact) mass is 348 g/mol. The van der Waals surface area contributed by atoms with Crippen molar-refractivity contribution in [3.8, 4) is 0 Å². The van der Waals surface area contributed by atoms with Crippen LogP contribution in [0.3, 0.4) is 0 Å². The summed E-state index contributed by atoms with van der Waals surface area (Å²) in [5.74, 6) is -0.464. The van der Waals surface area contributed by atoms with Gasteiger partial charge in [0.15, 0.2) is 0 Å². The van der Waals surface area contributed by atoms with Crippen molar-refractivity contribution in [1.29, 1.82) is 0 Å². The van der Waals surface area contributed by atoms with E-state index in [1.165, 1.54) is 30.5 Å². The predicted molar refractivity (Wildman–Crippen MR) is 81.6 cm³/mol. The van der Waals surface area contributed by atoms with Gasteiger partial charge in [-0.1, -0.05) is 11.6 Å². The van der Waals surface area contributed by atoms with E-state index in [-0.39, 0.29) is 21.5 Å². The second-order valence-corrected chi connectivity index (χ2v) is 6.63. The fraction of sp³-hybridized carbons (Fsp3) is 0.0833. The lowest BCUT2D eigenvalue weighted by Crippen LogP contribution is -2.12. The Kier molecular flexibility index (Phi) is 4.46. The number of benzene rings is 1. The summed E-state index contributed by atoms with van der Waals surface area (Å²) < 4.78 is 29.4. The van der Waals surface area contributed by atoms with Gasteiger partial charge < -0.3 is 9.73 Å². The van der Waals surface area contributed by atoms with Crippen LogP contribution >= 0.6 is 23.2 Å². The molecule has 1 heterocycles. The smallest absolute Gasteiger partial charge is 0.260 e. The molecule has 0 bridgehead atoms. The number of sulfonamides is 1. The molecule has 0 unspecified atom stereocenters. The average molecular weight is 349 g/mol. The van der Waals surface area contributed by atoms with E-state index >= 15 is 0 Å². The minimum Gasteiger partial charge on any atom is -0.452 e. The normalized spacial score (nSPS) is 11.2. The summed E-state index contributed by atoms with van der Waals surface area (Å²) in [6.07, 6.45) is 2.31. The Morgan fingerprint density at radius 1 is 1.24 bits per heavy atom. The zero-order valence-corrected chi connectivity index (χ0v) is 13.0. The number of rotatable bonds is 4. The standard InChI is InChI=1S/C12H10Cl2N2O4S/c1-21(18,19)16-10-3-2-7(6-9(10)13)15-12(17)8-4-5-20-11(8)14/h2-6,16H,1H3,(H,15,17). The first-order valence-electron chi connectivity index (χ1n) is 5.58. The first-order chi connectivity index (χ1) is 9.76. The highest BCUT2D eigenvalue weighted by atomic mass is 35.5. The van der Waals surface area contributed by atoms with E-state index in [0.29, 0.717) is 5.69 Å². The van der Waals surface area contributed by atoms with Gasteiger partial charge in [-0.05, 0) is 35.9 Å². The van der Waals surface area contributed by atoms with Crippen molar-refractivity contribution in [1.82, 2.24) is 0 Å². The van der Waals surface area contributed by atoms with E-state index in [0.717, 1.165) is 6.26 Å². The number of amides is 1. The largest absolute Gasteiger partial charge is 0.452 e. The molecular formula is C12H10Cl2N2O4S. The molecule has 0 fully saturated rings. The molecule has 2 rings (SSSR count). The van der Waals surface area contributed by atoms with Crippen LogP contribution in [0, 0.1) is 0 Å². The fourth-order valence-electron chi connectivity index (χ4n) is 1.53. The van der Waals surface area contributed by atoms with Gasteiger partial charge in [0.05, 0.1) is 28.8 Å². The van der Waals surface area contributed by atoms with Crippen molar-refractivity contribution >= 4 is 50.5 Å². The van der Waals surface area contributed by atoms with Crippen LogP contribution in [0.5, 0.6) is 0 Å². The molecule has 0 atom stereocenters. The number of carbonyl (C=O) groups is 1. The molecule has 1 aromatic carbocycles. The highest BCUT2D eigenvalue weighted by molar-refractivity contribution is 7.92. The van der Waals surface area contributed by atoms with Crippen molar-refractivity contribution in [3.05, 3.63) is 46.3 Å². The third-order valence-electron chi connectivity index (χ3n) is 2.38. The second-order valence-electron chi connectivity index (χ2n) is 4.13. The Bertz CT molecular complexity index is 786. The Hall–Kier alpha value is -1.70. The van der Waals surface area contributed by atoms with Gasteiger partial charge in [0.2, 0.25) is 15.2 Å². The Balaban J connectivity index is 2.18. The van der Waals surface area contributed by atoms with Crippen molar-refractivity contribution in [2.45, 2.75) is 0 Å². The van der Waals surface area contributed by atoms with E-state index < -0.39 is 15.9 Å². The predicted octanol–water partition coefficient (Wildman–Crippen LogP) is 3.21. The molecule has 112 valence electrons. The van der Waals surface area contributed by atoms with Gasteiger partial charge in [0.25, 0.3) is 5.91 Å². The molecule has 9 heteroatoms. The average Bonchev–Trinajstić information content (AvgIpc) is 2.77. The number of carbonyl (C=O) groups excluding carboxylic acids is 1. The van der Waals surface area contributed by atoms with Crippen LogP contribution < -0.4 is 10.0 Å². The van der Waals surface area contributed by atoms with E-state index in [4.69, 9.17) is 27.6 Å². The lowest BCUT2D eigenvalue weighted by atomic mass is 10.2. The molecule has 0 saturated carbocycles. The van der Waals surface area contributed by atoms with Gasteiger partial charge in [-0.15, -0.1) is 0 Å². The van der Waals surface area contributed by atoms with Crippen molar-refractivity contribution < 1.29 is 17.6 Å². The number of halogens is 2. The van der Waals surface area contributed by atoms with Crippen molar-refractivity contribution in [2.24, 2.45) is 0 Å². The number of anilines is 2. The quantitative estimate of drug-likeness (QED) is 0.887. The van der Waals surface area contributed by atoms with Crippen LogP contribution in [0.4, 0.5) is 11.4 Å². The molecule has 6 nitrogen and oxygen atoms in total. The van der Waals surface area contributed by atoms with Crippen LogP contribution in [0.2, 0.25) is 10.2 Å². The SMILES string of the molecule is CS(=O)(=O)Nc1ccc(NC(=O)c2ccoc2Cl)cc1Cl. The zero-order chi connectivity index (χ0) is 15.6. The molecule has 2 aromatic rings. The molecule has 1 amide bonds. The third-order valence-corrected chi connectivity index (χ3v) is 3.58. The maximum absolute atomic E-state index is 11.9. The van der Waals surface area contributed by atoms with Crippen LogP contribution in [-0.2, 0) is 10.0 Å². The zero-order valence-electron chi connectivity index (χ0n) is 10.7. The molecule has 0 aliphatic heterocycles. The van der Waals surface area contributed by atoms with E-state index in [9.17, 15) is 13.2 Å². The lowest BCUT2D eigenvalue weighted by Gasteiger charge is -2.09. The Morgan fingerprint density at radius 2 is 1.95 bits per heavy atom. The van der Waals surface area contributed by atoms with Crippen LogP contribution in [0.25, 0.3) is 0 Å². The number of furan rings is 1. The number of nitrogens with one attached hydrogen (secondary N) is 2. The molecule has 2 N–H and O–H groups in total. The lowest BCUT2D eigenvalue weighted by molar-refractivity contribution is 0.102. The minimum atomic E-state index is -3.43. The van der Waals surface area contributed by atoms with Gasteiger partial charge in [0, 0.05) is 5.69 Å². The van der Waals surface area contributed by atoms with Gasteiger partial charge >= 0.3 is 0 Å². The molecule has 1 aromatic heterocycles. The molecule has 0 aliphatic carbocycles. The maximum atomic E-state index is 11.9. The van der Waals surface area contributed by atoms with Gasteiger partial charge in [-0.2, -0.15) is 0 Å². The Morgan fingerprint density at radius 3 is 2.48 bits per heavy atom. The second kappa shape index (κ2) is 5.97. The summed E-state index contributed by atoms with van der Waals surface area (Å²) in [6.45, 7) is 0. The highest BCUT2D eigenvalue weighted by Gasteiger charge is 2.14. The summed E-state index contributed by atoms with van der Waals surface area (Å²) >= 11 is 11.7. The summed E-state index contributed by atoms with van der Waals surface area (Å²) in [7, 11) is -3.43. The van der Waals surface area contributed by atoms with E-state index in [1.54, 1.807) is 0 Å². The summed E-state index contributed by atoms with van der Waals surface area (Å²) in [6, 6.07) is 5.79. The molecule has 0 radical (unpaired) electrons. The number of hydrogen-bond acceptors (Lipinski definition) is 4. The van der Waals surface area contributed by atoms with Crippen LogP contribution in [0.1, 0.15) is 10.4 Å². The highest BCUT2D eigenvalue weighted by Crippen LogP contribution is 2.27. The molecule has 0 saturated heterocycles. The summed E-state index contributed by atoms with van der Waals surface area (Å²) in [5, 5.41) is 2.70. The molecule has 0 spiro atoms. The van der Waals surface area contributed by atoms with Crippen LogP contribution in [-0.4, -0.2) is 20.6 Å². The fourth-order valence-corrected chi connectivity index (χ4v) is 2.59. The maximum Gasteiger partial charge on any atom is 0.260 e. The Labute approximate surface area is 131 Å². The van der Waals surface area contributed by atoms with Crippen molar-refractivity contribution in [3.63, 3.8) is 0 Å². The van der Waals surface area contributed by atoms with Crippen LogP contribution in [0.15, 0.2) is 34.9 Å². The molecule has 0 aliphatic rings. The molecular weight excluding hydrogens is 339 g/mol. The van der Waals surface area contributed by atoms with E-state index in [2.05, 4.69) is 10.0 Å². The number of hydrogen-bond donors (Lipinski definition) is 2. The third kappa shape index (κ3) is 4.13. The first kappa shape index (κ1) is 15.7. The first-order valence-corrected chi connectivity index (χ1v) is 8.23. The van der Waals surface area contributed by atoms with Gasteiger partial charge in [-0.25, -0.2) is 8.42 Å². The molecule has 21 heavy (non-hydrogen) atoms. The minimum absolute atomic E-state index is 0.0195. The topological polar surface area (TPSA) is 88.4 Å². The van der Waals surface area contributed by atoms with Gasteiger partial charge in [0.1, 0.15) is 0 Å².